The summed E-state index contributed by atoms with van der Waals surface area (Å²) >= 11 is 6.13. The van der Waals surface area contributed by atoms with Gasteiger partial charge in [0.05, 0.1) is 29.2 Å². The van der Waals surface area contributed by atoms with Crippen LogP contribution < -0.4 is 10.9 Å². The van der Waals surface area contributed by atoms with E-state index in [0.29, 0.717) is 36.3 Å². The van der Waals surface area contributed by atoms with Crippen molar-refractivity contribution in [3.05, 3.63) is 74.4 Å². The van der Waals surface area contributed by atoms with E-state index in [1.807, 2.05) is 13.1 Å². The standard InChI is InChI=1S/C23H21ClFN7O/c1-31-19(11-28-30-31)16-10-27-23(29-16)18-5-4-17-14-9-26-7-6-12-2-3-15(24)22(25)21(12)13(14)8-20(33)32(17)18/h2-3,8,10-11,18,26H,4-7,9H2,1H3,(H,27,29)/t18-/m1/s1. The molecule has 2 aliphatic heterocycles. The lowest BCUT2D eigenvalue weighted by atomic mass is 9.91. The van der Waals surface area contributed by atoms with E-state index in [0.717, 1.165) is 41.2 Å². The molecule has 0 saturated carbocycles. The summed E-state index contributed by atoms with van der Waals surface area (Å²) in [6.07, 6.45) is 5.50. The number of rotatable bonds is 2. The van der Waals surface area contributed by atoms with E-state index in [2.05, 4.69) is 25.6 Å². The minimum Gasteiger partial charge on any atom is -0.339 e. The van der Waals surface area contributed by atoms with Crippen LogP contribution in [0.25, 0.3) is 22.5 Å². The predicted molar refractivity (Wildman–Crippen MR) is 122 cm³/mol. The van der Waals surface area contributed by atoms with Crippen molar-refractivity contribution in [2.24, 2.45) is 7.05 Å². The van der Waals surface area contributed by atoms with Crippen LogP contribution in [0, 0.1) is 5.82 Å². The highest BCUT2D eigenvalue weighted by Crippen LogP contribution is 2.39. The molecule has 0 bridgehead atoms. The number of pyridine rings is 1. The number of H-pyrrole nitrogens is 1. The van der Waals surface area contributed by atoms with E-state index in [4.69, 9.17) is 11.6 Å². The lowest BCUT2D eigenvalue weighted by molar-refractivity contribution is 0.568. The molecule has 0 spiro atoms. The maximum Gasteiger partial charge on any atom is 0.252 e. The number of hydrogen-bond acceptors (Lipinski definition) is 5. The Morgan fingerprint density at radius 2 is 2.12 bits per heavy atom. The lowest BCUT2D eigenvalue weighted by Gasteiger charge is -2.23. The number of aromatic amines is 1. The molecule has 3 aromatic heterocycles. The zero-order valence-corrected chi connectivity index (χ0v) is 18.7. The molecule has 1 atom stereocenters. The molecule has 1 aromatic carbocycles. The molecule has 33 heavy (non-hydrogen) atoms. The van der Waals surface area contributed by atoms with E-state index in [-0.39, 0.29) is 16.6 Å². The van der Waals surface area contributed by atoms with Crippen molar-refractivity contribution in [2.45, 2.75) is 31.8 Å². The average Bonchev–Trinajstić information content (AvgIpc) is 3.52. The van der Waals surface area contributed by atoms with Crippen molar-refractivity contribution in [3.63, 3.8) is 0 Å². The van der Waals surface area contributed by atoms with Gasteiger partial charge < -0.3 is 14.9 Å². The van der Waals surface area contributed by atoms with Crippen molar-refractivity contribution < 1.29 is 4.39 Å². The Balaban J connectivity index is 1.49. The predicted octanol–water partition coefficient (Wildman–Crippen LogP) is 3.01. The number of imidazole rings is 1. The van der Waals surface area contributed by atoms with Gasteiger partial charge in [-0.1, -0.05) is 22.9 Å². The van der Waals surface area contributed by atoms with E-state index in [1.54, 1.807) is 33.8 Å². The maximum absolute atomic E-state index is 15.2. The third-order valence-corrected chi connectivity index (χ3v) is 6.95. The van der Waals surface area contributed by atoms with E-state index < -0.39 is 5.82 Å². The maximum atomic E-state index is 15.2. The number of hydrogen-bond donors (Lipinski definition) is 2. The number of halogens is 2. The summed E-state index contributed by atoms with van der Waals surface area (Å²) in [6.45, 7) is 1.28. The van der Waals surface area contributed by atoms with E-state index in [1.165, 1.54) is 0 Å². The van der Waals surface area contributed by atoms with Gasteiger partial charge in [-0.15, -0.1) is 5.10 Å². The van der Waals surface area contributed by atoms with Gasteiger partial charge in [0.15, 0.2) is 0 Å². The number of aromatic nitrogens is 6. The Bertz CT molecular complexity index is 1450. The molecular formula is C23H21ClFN7O. The molecule has 2 N–H and O–H groups in total. The quantitative estimate of drug-likeness (QED) is 0.474. The number of fused-ring (bicyclic) bond motifs is 5. The molecule has 168 valence electrons. The Hall–Kier alpha value is -3.30. The van der Waals surface area contributed by atoms with Crippen LogP contribution in [-0.4, -0.2) is 36.1 Å². The summed E-state index contributed by atoms with van der Waals surface area (Å²) in [5.41, 5.74) is 5.23. The van der Waals surface area contributed by atoms with Crippen LogP contribution in [-0.2, 0) is 26.4 Å². The van der Waals surface area contributed by atoms with Gasteiger partial charge in [0.1, 0.15) is 17.3 Å². The third kappa shape index (κ3) is 3.14. The second-order valence-corrected chi connectivity index (χ2v) is 8.90. The first-order valence-electron chi connectivity index (χ1n) is 10.9. The van der Waals surface area contributed by atoms with Crippen molar-refractivity contribution in [3.8, 4) is 22.5 Å². The van der Waals surface area contributed by atoms with E-state index >= 15 is 4.39 Å². The van der Waals surface area contributed by atoms with Gasteiger partial charge in [0.2, 0.25) is 0 Å². The minimum atomic E-state index is -0.461. The normalized spacial score (nSPS) is 17.2. The smallest absolute Gasteiger partial charge is 0.252 e. The van der Waals surface area contributed by atoms with Gasteiger partial charge in [-0.3, -0.25) is 4.79 Å². The topological polar surface area (TPSA) is 93.4 Å². The summed E-state index contributed by atoms with van der Waals surface area (Å²) in [4.78, 5) is 21.3. The molecule has 0 aliphatic carbocycles. The fourth-order valence-electron chi connectivity index (χ4n) is 5.11. The van der Waals surface area contributed by atoms with Crippen molar-refractivity contribution in [1.29, 1.82) is 0 Å². The highest BCUT2D eigenvalue weighted by atomic mass is 35.5. The molecule has 0 fully saturated rings. The fourth-order valence-corrected chi connectivity index (χ4v) is 5.26. The second-order valence-electron chi connectivity index (χ2n) is 8.49. The highest BCUT2D eigenvalue weighted by Gasteiger charge is 2.32. The zero-order chi connectivity index (χ0) is 22.7. The molecule has 0 unspecified atom stereocenters. The van der Waals surface area contributed by atoms with Gasteiger partial charge >= 0.3 is 0 Å². The molecule has 5 heterocycles. The van der Waals surface area contributed by atoms with Gasteiger partial charge in [-0.05, 0) is 48.6 Å². The highest BCUT2D eigenvalue weighted by molar-refractivity contribution is 6.31. The Morgan fingerprint density at radius 1 is 1.24 bits per heavy atom. The molecule has 4 aromatic rings. The van der Waals surface area contributed by atoms with Crippen LogP contribution in [0.5, 0.6) is 0 Å². The van der Waals surface area contributed by atoms with E-state index in [9.17, 15) is 4.79 Å². The summed E-state index contributed by atoms with van der Waals surface area (Å²) in [6, 6.07) is 4.77. The molecule has 0 radical (unpaired) electrons. The second kappa shape index (κ2) is 7.64. The van der Waals surface area contributed by atoms with Crippen molar-refractivity contribution >= 4 is 11.6 Å². The molecule has 0 amide bonds. The Kier molecular flexibility index (Phi) is 4.70. The third-order valence-electron chi connectivity index (χ3n) is 6.66. The summed E-state index contributed by atoms with van der Waals surface area (Å²) in [7, 11) is 1.81. The lowest BCUT2D eigenvalue weighted by Crippen LogP contribution is -2.28. The van der Waals surface area contributed by atoms with Crippen LogP contribution in [0.2, 0.25) is 5.02 Å². The molecule has 6 rings (SSSR count). The zero-order valence-electron chi connectivity index (χ0n) is 17.9. The number of benzene rings is 1. The van der Waals surface area contributed by atoms with Gasteiger partial charge in [0.25, 0.3) is 5.56 Å². The summed E-state index contributed by atoms with van der Waals surface area (Å²) in [5, 5.41) is 11.4. The van der Waals surface area contributed by atoms with Crippen LogP contribution in [0.15, 0.2) is 35.4 Å². The van der Waals surface area contributed by atoms with Crippen molar-refractivity contribution in [1.82, 2.24) is 34.8 Å². The van der Waals surface area contributed by atoms with Crippen LogP contribution in [0.1, 0.15) is 35.1 Å². The SMILES string of the molecule is Cn1nncc1-c1cnc([C@H]2CCc3c4c(cc(=O)n32)-c2c(ccc(Cl)c2F)CCNC4)[nH]1. The number of nitrogens with one attached hydrogen (secondary N) is 2. The first kappa shape index (κ1) is 20.3. The van der Waals surface area contributed by atoms with Gasteiger partial charge in [0, 0.05) is 30.9 Å². The fraction of sp³-hybridized carbons (Fsp3) is 0.304. The number of aryl methyl sites for hydroxylation is 1. The molecule has 10 heteroatoms. The monoisotopic (exact) mass is 465 g/mol. The van der Waals surface area contributed by atoms with Gasteiger partial charge in [-0.25, -0.2) is 14.1 Å². The largest absolute Gasteiger partial charge is 0.339 e. The minimum absolute atomic E-state index is 0.0690. The Labute approximate surface area is 193 Å². The van der Waals surface area contributed by atoms with Crippen LogP contribution in [0.3, 0.4) is 0 Å². The molecule has 2 aliphatic rings. The molecule has 0 saturated heterocycles. The van der Waals surface area contributed by atoms with Crippen LogP contribution >= 0.6 is 11.6 Å². The first-order valence-corrected chi connectivity index (χ1v) is 11.3. The number of nitrogens with zero attached hydrogens (tertiary/aromatic N) is 5. The summed E-state index contributed by atoms with van der Waals surface area (Å²) < 4.78 is 18.6. The summed E-state index contributed by atoms with van der Waals surface area (Å²) in [5.74, 6) is 0.247. The molecule has 8 nitrogen and oxygen atoms in total. The first-order chi connectivity index (χ1) is 16.0. The molecular weight excluding hydrogens is 445 g/mol. The van der Waals surface area contributed by atoms with Crippen molar-refractivity contribution in [2.75, 3.05) is 6.54 Å². The average molecular weight is 466 g/mol. The Morgan fingerprint density at radius 3 is 2.94 bits per heavy atom. The van der Waals surface area contributed by atoms with Crippen LogP contribution in [0.4, 0.5) is 4.39 Å². The van der Waals surface area contributed by atoms with Gasteiger partial charge in [-0.2, -0.15) is 0 Å².